The van der Waals surface area contributed by atoms with Crippen molar-refractivity contribution in [3.63, 3.8) is 0 Å². The molecule has 5 nitrogen and oxygen atoms in total. The van der Waals surface area contributed by atoms with Crippen LogP contribution in [0.3, 0.4) is 0 Å². The molecule has 9 aromatic rings. The van der Waals surface area contributed by atoms with Gasteiger partial charge in [0.2, 0.25) is 0 Å². The number of furan rings is 2. The third kappa shape index (κ3) is 4.69. The Kier molecular flexibility index (Phi) is 6.56. The molecule has 0 aliphatic heterocycles. The van der Waals surface area contributed by atoms with Crippen molar-refractivity contribution >= 4 is 43.9 Å². The zero-order chi connectivity index (χ0) is 33.8. The van der Waals surface area contributed by atoms with Gasteiger partial charge in [0.15, 0.2) is 0 Å². The zero-order valence-electron chi connectivity index (χ0n) is 26.4. The first-order valence-corrected chi connectivity index (χ1v) is 16.1. The van der Waals surface area contributed by atoms with Gasteiger partial charge in [0.05, 0.1) is 34.9 Å². The summed E-state index contributed by atoms with van der Waals surface area (Å²) < 4.78 is 12.3. The molecule has 50 heavy (non-hydrogen) atoms. The standard InChI is InChI=1S/C45H23N3O2/c46-24-27-10-13-37-40-23-31(12-15-43(40)50-44(37)18-27)33-19-32(30-11-14-42-39(22-30)36-8-4-5-9-41(36)49-42)20-34(21-33)45-35(26-48)16-28(25-47)17-38(45)29-6-2-1-3-7-29/h1-23H. The van der Waals surface area contributed by atoms with E-state index >= 15 is 0 Å². The van der Waals surface area contributed by atoms with E-state index in [2.05, 4.69) is 60.7 Å². The van der Waals surface area contributed by atoms with Gasteiger partial charge in [-0.05, 0) is 118 Å². The molecule has 0 saturated carbocycles. The molecule has 0 amide bonds. The van der Waals surface area contributed by atoms with Crippen molar-refractivity contribution < 1.29 is 8.83 Å². The highest BCUT2D eigenvalue weighted by Crippen LogP contribution is 2.42. The molecule has 2 heterocycles. The van der Waals surface area contributed by atoms with Gasteiger partial charge in [-0.15, -0.1) is 0 Å². The lowest BCUT2D eigenvalue weighted by atomic mass is 9.86. The number of nitrogens with zero attached hydrogens (tertiary/aromatic N) is 3. The lowest BCUT2D eigenvalue weighted by Gasteiger charge is -2.16. The van der Waals surface area contributed by atoms with Crippen LogP contribution in [-0.4, -0.2) is 0 Å². The second-order valence-corrected chi connectivity index (χ2v) is 12.3. The van der Waals surface area contributed by atoms with E-state index < -0.39 is 0 Å². The van der Waals surface area contributed by atoms with E-state index in [1.54, 1.807) is 18.2 Å². The van der Waals surface area contributed by atoms with Crippen LogP contribution in [0.25, 0.3) is 88.4 Å². The lowest BCUT2D eigenvalue weighted by Crippen LogP contribution is -1.94. The number of rotatable bonds is 4. The fourth-order valence-corrected chi connectivity index (χ4v) is 6.99. The van der Waals surface area contributed by atoms with Crippen LogP contribution >= 0.6 is 0 Å². The van der Waals surface area contributed by atoms with Crippen molar-refractivity contribution in [2.75, 3.05) is 0 Å². The van der Waals surface area contributed by atoms with Gasteiger partial charge in [-0.1, -0.05) is 60.7 Å². The van der Waals surface area contributed by atoms with Crippen LogP contribution in [0.1, 0.15) is 16.7 Å². The molecule has 0 radical (unpaired) electrons. The summed E-state index contributed by atoms with van der Waals surface area (Å²) in [6.45, 7) is 0. The van der Waals surface area contributed by atoms with Crippen molar-refractivity contribution in [2.45, 2.75) is 0 Å². The van der Waals surface area contributed by atoms with Crippen LogP contribution in [0.2, 0.25) is 0 Å². The second-order valence-electron chi connectivity index (χ2n) is 12.3. The second kappa shape index (κ2) is 11.4. The molecule has 5 heteroatoms. The summed E-state index contributed by atoms with van der Waals surface area (Å²) in [5.41, 5.74) is 11.7. The minimum absolute atomic E-state index is 0.423. The fourth-order valence-electron chi connectivity index (χ4n) is 6.99. The molecule has 0 unspecified atom stereocenters. The Morgan fingerprint density at radius 2 is 0.960 bits per heavy atom. The number of para-hydroxylation sites is 1. The molecule has 0 aliphatic carbocycles. The molecule has 7 aromatic carbocycles. The maximum absolute atomic E-state index is 10.5. The van der Waals surface area contributed by atoms with Gasteiger partial charge in [-0.25, -0.2) is 0 Å². The summed E-state index contributed by atoms with van der Waals surface area (Å²) in [5, 5.41) is 33.7. The van der Waals surface area contributed by atoms with Crippen molar-refractivity contribution in [3.8, 4) is 62.7 Å². The molecule has 0 saturated heterocycles. The molecule has 0 atom stereocenters. The third-order valence-corrected chi connectivity index (χ3v) is 9.34. The van der Waals surface area contributed by atoms with Crippen molar-refractivity contribution in [2.24, 2.45) is 0 Å². The number of hydrogen-bond donors (Lipinski definition) is 0. The molecular weight excluding hydrogens is 615 g/mol. The molecular formula is C45H23N3O2. The topological polar surface area (TPSA) is 97.7 Å². The average molecular weight is 638 g/mol. The van der Waals surface area contributed by atoms with E-state index in [0.717, 1.165) is 82.8 Å². The van der Waals surface area contributed by atoms with E-state index in [0.29, 0.717) is 22.3 Å². The van der Waals surface area contributed by atoms with Gasteiger partial charge in [0, 0.05) is 27.1 Å². The van der Waals surface area contributed by atoms with Crippen molar-refractivity contribution in [1.82, 2.24) is 0 Å². The quantitative estimate of drug-likeness (QED) is 0.191. The van der Waals surface area contributed by atoms with E-state index in [4.69, 9.17) is 8.83 Å². The first-order chi connectivity index (χ1) is 24.6. The molecule has 0 fully saturated rings. The Morgan fingerprint density at radius 1 is 0.360 bits per heavy atom. The molecule has 230 valence electrons. The Hall–Kier alpha value is -7.39. The normalized spacial score (nSPS) is 11.1. The Labute approximate surface area is 286 Å². The maximum atomic E-state index is 10.5. The van der Waals surface area contributed by atoms with Crippen LogP contribution in [-0.2, 0) is 0 Å². The Morgan fingerprint density at radius 3 is 1.64 bits per heavy atom. The van der Waals surface area contributed by atoms with Gasteiger partial charge in [0.25, 0.3) is 0 Å². The predicted molar refractivity (Wildman–Crippen MR) is 197 cm³/mol. The van der Waals surface area contributed by atoms with Crippen LogP contribution in [0, 0.1) is 34.0 Å². The van der Waals surface area contributed by atoms with Crippen LogP contribution in [0.4, 0.5) is 0 Å². The molecule has 0 N–H and O–H groups in total. The minimum atomic E-state index is 0.423. The predicted octanol–water partition coefficient (Wildman–Crippen LogP) is 11.8. The van der Waals surface area contributed by atoms with Crippen molar-refractivity contribution in [3.05, 3.63) is 156 Å². The highest BCUT2D eigenvalue weighted by Gasteiger charge is 2.19. The molecule has 2 aromatic heterocycles. The monoisotopic (exact) mass is 637 g/mol. The van der Waals surface area contributed by atoms with Gasteiger partial charge in [0.1, 0.15) is 22.3 Å². The Bertz CT molecular complexity index is 2960. The molecule has 0 spiro atoms. The van der Waals surface area contributed by atoms with E-state index in [9.17, 15) is 15.8 Å². The average Bonchev–Trinajstić information content (AvgIpc) is 3.74. The minimum Gasteiger partial charge on any atom is -0.456 e. The number of hydrogen-bond acceptors (Lipinski definition) is 5. The van der Waals surface area contributed by atoms with Gasteiger partial charge in [-0.3, -0.25) is 0 Å². The zero-order valence-corrected chi connectivity index (χ0v) is 26.4. The SMILES string of the molecule is N#Cc1cc(C#N)c(-c2cc(-c3ccc4oc5ccccc5c4c3)cc(-c3ccc4oc5cc(C#N)ccc5c4c3)c2)c(-c2ccccc2)c1. The highest BCUT2D eigenvalue weighted by molar-refractivity contribution is 6.08. The van der Waals surface area contributed by atoms with Gasteiger partial charge < -0.3 is 8.83 Å². The summed E-state index contributed by atoms with van der Waals surface area (Å²) in [4.78, 5) is 0. The number of fused-ring (bicyclic) bond motifs is 6. The van der Waals surface area contributed by atoms with E-state index in [-0.39, 0.29) is 0 Å². The molecule has 0 bridgehead atoms. The number of nitriles is 3. The van der Waals surface area contributed by atoms with Crippen LogP contribution < -0.4 is 0 Å². The van der Waals surface area contributed by atoms with Crippen molar-refractivity contribution in [1.29, 1.82) is 15.8 Å². The first kappa shape index (κ1) is 28.8. The third-order valence-electron chi connectivity index (χ3n) is 9.34. The summed E-state index contributed by atoms with van der Waals surface area (Å²) in [7, 11) is 0. The fraction of sp³-hybridized carbons (Fsp3) is 0. The van der Waals surface area contributed by atoms with E-state index in [1.165, 1.54) is 0 Å². The number of benzene rings is 7. The lowest BCUT2D eigenvalue weighted by molar-refractivity contribution is 0.668. The summed E-state index contributed by atoms with van der Waals surface area (Å²) in [6, 6.07) is 52.5. The van der Waals surface area contributed by atoms with Gasteiger partial charge in [-0.2, -0.15) is 15.8 Å². The molecule has 9 rings (SSSR count). The van der Waals surface area contributed by atoms with E-state index in [1.807, 2.05) is 78.9 Å². The largest absolute Gasteiger partial charge is 0.456 e. The van der Waals surface area contributed by atoms with Crippen LogP contribution in [0.5, 0.6) is 0 Å². The Balaban J connectivity index is 1.32. The molecule has 0 aliphatic rings. The summed E-state index contributed by atoms with van der Waals surface area (Å²) >= 11 is 0. The van der Waals surface area contributed by atoms with Gasteiger partial charge >= 0.3 is 0 Å². The summed E-state index contributed by atoms with van der Waals surface area (Å²) in [6.07, 6.45) is 0. The highest BCUT2D eigenvalue weighted by atomic mass is 16.3. The smallest absolute Gasteiger partial charge is 0.136 e. The van der Waals surface area contributed by atoms with Crippen LogP contribution in [0.15, 0.2) is 148 Å². The first-order valence-electron chi connectivity index (χ1n) is 16.1. The maximum Gasteiger partial charge on any atom is 0.136 e. The summed E-state index contributed by atoms with van der Waals surface area (Å²) in [5.74, 6) is 0.